The molecule has 0 spiro atoms. The van der Waals surface area contributed by atoms with Crippen molar-refractivity contribution in [3.05, 3.63) is 53.5 Å². The summed E-state index contributed by atoms with van der Waals surface area (Å²) >= 11 is 0. The highest BCUT2D eigenvalue weighted by Gasteiger charge is 2.33. The summed E-state index contributed by atoms with van der Waals surface area (Å²) < 4.78 is 25.0. The number of sulfonamides is 1. The number of carbonyl (C=O) groups is 1. The van der Waals surface area contributed by atoms with Crippen LogP contribution in [0.15, 0.2) is 36.7 Å². The maximum Gasteiger partial charge on any atom is 0.272 e. The highest BCUT2D eigenvalue weighted by Crippen LogP contribution is 2.26. The van der Waals surface area contributed by atoms with Gasteiger partial charge in [0.2, 0.25) is 10.0 Å². The summed E-state index contributed by atoms with van der Waals surface area (Å²) in [6.07, 6.45) is 5.71. The first-order valence-corrected chi connectivity index (χ1v) is 14.9. The molecule has 1 aromatic heterocycles. The number of benzene rings is 1. The van der Waals surface area contributed by atoms with Gasteiger partial charge in [-0.3, -0.25) is 9.69 Å². The Hall–Kier alpha value is -2.60. The van der Waals surface area contributed by atoms with E-state index in [4.69, 9.17) is 0 Å². The second-order valence-corrected chi connectivity index (χ2v) is 12.3. The monoisotopic (exact) mass is 528 g/mol. The van der Waals surface area contributed by atoms with Crippen LogP contribution in [0, 0.1) is 0 Å². The Morgan fingerprint density at radius 1 is 1.00 bits per heavy atom. The number of nitrogens with one attached hydrogen (secondary N) is 1. The van der Waals surface area contributed by atoms with E-state index in [1.165, 1.54) is 28.0 Å². The molecule has 2 unspecified atom stereocenters. The molecular weight excluding hydrogens is 492 g/mol. The number of anilines is 1. The third-order valence-electron chi connectivity index (χ3n) is 7.91. The lowest BCUT2D eigenvalue weighted by Crippen LogP contribution is -2.46. The Balaban J connectivity index is 1.19. The molecule has 2 atom stereocenters. The molecule has 4 heterocycles. The van der Waals surface area contributed by atoms with Gasteiger partial charge < -0.3 is 15.3 Å². The lowest BCUT2D eigenvalue weighted by atomic mass is 9.96. The van der Waals surface area contributed by atoms with Crippen LogP contribution in [0.2, 0.25) is 0 Å². The van der Waals surface area contributed by atoms with Gasteiger partial charge in [-0.2, -0.15) is 0 Å². The summed E-state index contributed by atoms with van der Waals surface area (Å²) in [6, 6.07) is 10.3. The van der Waals surface area contributed by atoms with Gasteiger partial charge >= 0.3 is 0 Å². The average molecular weight is 529 g/mol. The molecule has 1 amide bonds. The summed E-state index contributed by atoms with van der Waals surface area (Å²) in [5, 5.41) is 14.3. The van der Waals surface area contributed by atoms with Crippen LogP contribution < -0.4 is 5.32 Å². The summed E-state index contributed by atoms with van der Waals surface area (Å²) in [5.74, 6) is 0.407. The smallest absolute Gasteiger partial charge is 0.272 e. The molecule has 11 heteroatoms. The third kappa shape index (κ3) is 6.11. The Morgan fingerprint density at radius 3 is 2.49 bits per heavy atom. The van der Waals surface area contributed by atoms with E-state index in [9.17, 15) is 18.3 Å². The second kappa shape index (κ2) is 11.0. The van der Waals surface area contributed by atoms with Gasteiger partial charge in [0.1, 0.15) is 17.8 Å². The lowest BCUT2D eigenvalue weighted by molar-refractivity contribution is 0.0394. The highest BCUT2D eigenvalue weighted by molar-refractivity contribution is 7.88. The molecule has 10 nitrogen and oxygen atoms in total. The van der Waals surface area contributed by atoms with E-state index in [2.05, 4.69) is 44.5 Å². The fourth-order valence-electron chi connectivity index (χ4n) is 5.76. The van der Waals surface area contributed by atoms with Gasteiger partial charge in [0.15, 0.2) is 0 Å². The van der Waals surface area contributed by atoms with Crippen LogP contribution in [-0.4, -0.2) is 101 Å². The Morgan fingerprint density at radius 2 is 1.73 bits per heavy atom. The first kappa shape index (κ1) is 26.0. The van der Waals surface area contributed by atoms with Gasteiger partial charge in [0, 0.05) is 57.4 Å². The average Bonchev–Trinajstić information content (AvgIpc) is 3.09. The van der Waals surface area contributed by atoms with E-state index in [1.54, 1.807) is 11.0 Å². The normalized spacial score (nSPS) is 24.3. The number of hydrogen-bond donors (Lipinski definition) is 2. The van der Waals surface area contributed by atoms with Crippen molar-refractivity contribution in [3.8, 4) is 0 Å². The van der Waals surface area contributed by atoms with Crippen LogP contribution in [0.5, 0.6) is 0 Å². The van der Waals surface area contributed by atoms with Crippen molar-refractivity contribution < 1.29 is 18.3 Å². The predicted octanol–water partition coefficient (Wildman–Crippen LogP) is 1.34. The first-order chi connectivity index (χ1) is 17.8. The molecule has 2 saturated heterocycles. The van der Waals surface area contributed by atoms with Crippen LogP contribution in [-0.2, 0) is 23.0 Å². The van der Waals surface area contributed by atoms with Crippen molar-refractivity contribution >= 4 is 21.7 Å². The summed E-state index contributed by atoms with van der Waals surface area (Å²) in [6.45, 7) is 3.72. The predicted molar refractivity (Wildman–Crippen MR) is 141 cm³/mol. The number of hydrogen-bond acceptors (Lipinski definition) is 8. The van der Waals surface area contributed by atoms with E-state index in [0.29, 0.717) is 63.4 Å². The maximum atomic E-state index is 13.3. The van der Waals surface area contributed by atoms with Gasteiger partial charge in [-0.1, -0.05) is 24.3 Å². The largest absolute Gasteiger partial charge is 0.391 e. The second-order valence-electron chi connectivity index (χ2n) is 10.4. The number of carbonyl (C=O) groups excluding carboxylic acids is 1. The Bertz CT molecular complexity index is 1220. The summed E-state index contributed by atoms with van der Waals surface area (Å²) in [7, 11) is -3.18. The molecule has 37 heavy (non-hydrogen) atoms. The zero-order chi connectivity index (χ0) is 26.0. The SMILES string of the molecule is CS(=O)(=O)N1CCC(Nc2cc(C(=O)N3CCC(O)C(N4CCc5ccccc5C4)CC3)ncn2)CC1. The molecule has 2 aromatic rings. The fourth-order valence-corrected chi connectivity index (χ4v) is 6.63. The minimum Gasteiger partial charge on any atom is -0.391 e. The Kier molecular flexibility index (Phi) is 7.75. The number of amides is 1. The number of rotatable bonds is 5. The third-order valence-corrected chi connectivity index (χ3v) is 9.21. The van der Waals surface area contributed by atoms with Crippen LogP contribution in [0.4, 0.5) is 5.82 Å². The van der Waals surface area contributed by atoms with Crippen molar-refractivity contribution in [1.29, 1.82) is 0 Å². The van der Waals surface area contributed by atoms with Crippen molar-refractivity contribution in [1.82, 2.24) is 24.1 Å². The first-order valence-electron chi connectivity index (χ1n) is 13.1. The molecule has 0 saturated carbocycles. The summed E-state index contributed by atoms with van der Waals surface area (Å²) in [5.41, 5.74) is 3.03. The minimum absolute atomic E-state index is 0.0200. The fraction of sp³-hybridized carbons (Fsp3) is 0.577. The van der Waals surface area contributed by atoms with E-state index in [-0.39, 0.29) is 18.0 Å². The van der Waals surface area contributed by atoms with Crippen LogP contribution >= 0.6 is 0 Å². The number of aliphatic hydroxyl groups is 1. The van der Waals surface area contributed by atoms with Crippen LogP contribution in [0.1, 0.15) is 47.3 Å². The van der Waals surface area contributed by atoms with Gasteiger partial charge in [-0.15, -0.1) is 0 Å². The molecule has 3 aliphatic heterocycles. The zero-order valence-electron chi connectivity index (χ0n) is 21.3. The topological polar surface area (TPSA) is 119 Å². The highest BCUT2D eigenvalue weighted by atomic mass is 32.2. The van der Waals surface area contributed by atoms with Crippen molar-refractivity contribution in [2.75, 3.05) is 44.3 Å². The molecule has 2 fully saturated rings. The molecule has 200 valence electrons. The number of nitrogens with zero attached hydrogens (tertiary/aromatic N) is 5. The van der Waals surface area contributed by atoms with Crippen LogP contribution in [0.25, 0.3) is 0 Å². The summed E-state index contributed by atoms with van der Waals surface area (Å²) in [4.78, 5) is 26.0. The van der Waals surface area contributed by atoms with Gasteiger partial charge in [0.05, 0.1) is 12.4 Å². The van der Waals surface area contributed by atoms with E-state index >= 15 is 0 Å². The molecule has 0 bridgehead atoms. The van der Waals surface area contributed by atoms with Gasteiger partial charge in [0.25, 0.3) is 5.91 Å². The molecule has 3 aliphatic rings. The number of aliphatic hydroxyl groups excluding tert-OH is 1. The number of piperidine rings is 1. The Labute approximate surface area is 218 Å². The molecular formula is C26H36N6O4S. The molecule has 5 rings (SSSR count). The number of fused-ring (bicyclic) bond motifs is 1. The molecule has 1 aromatic carbocycles. The number of likely N-dealkylation sites (tertiary alicyclic amines) is 1. The molecule has 2 N–H and O–H groups in total. The van der Waals surface area contributed by atoms with Gasteiger partial charge in [-0.25, -0.2) is 22.7 Å². The van der Waals surface area contributed by atoms with E-state index in [1.807, 2.05) is 0 Å². The molecule has 0 aliphatic carbocycles. The van der Waals surface area contributed by atoms with Crippen molar-refractivity contribution in [3.63, 3.8) is 0 Å². The number of aromatic nitrogens is 2. The van der Waals surface area contributed by atoms with E-state index < -0.39 is 16.1 Å². The van der Waals surface area contributed by atoms with Crippen molar-refractivity contribution in [2.45, 2.75) is 56.8 Å². The van der Waals surface area contributed by atoms with Gasteiger partial charge in [-0.05, 0) is 43.2 Å². The van der Waals surface area contributed by atoms with Crippen molar-refractivity contribution in [2.24, 2.45) is 0 Å². The minimum atomic E-state index is -3.18. The quantitative estimate of drug-likeness (QED) is 0.597. The molecule has 0 radical (unpaired) electrons. The lowest BCUT2D eigenvalue weighted by Gasteiger charge is -2.37. The van der Waals surface area contributed by atoms with Crippen LogP contribution in [0.3, 0.4) is 0 Å². The van der Waals surface area contributed by atoms with E-state index in [0.717, 1.165) is 19.5 Å². The maximum absolute atomic E-state index is 13.3. The standard InChI is InChI=1S/C26H36N6O4S/c1-37(35,36)32-14-7-21(8-15-32)29-25-16-22(27-18-28-25)26(34)30-12-9-23(24(33)10-13-30)31-11-6-19-4-2-3-5-20(19)17-31/h2-5,16,18,21,23-24,33H,6-15,17H2,1H3,(H,27,28,29). The zero-order valence-corrected chi connectivity index (χ0v) is 22.1.